The number of rotatable bonds is 3. The Hall–Kier alpha value is -1.65. The van der Waals surface area contributed by atoms with Gasteiger partial charge in [-0.2, -0.15) is 0 Å². The second-order valence-electron chi connectivity index (χ2n) is 6.32. The van der Waals surface area contributed by atoms with E-state index >= 15 is 0 Å². The summed E-state index contributed by atoms with van der Waals surface area (Å²) in [5.41, 5.74) is 1.53. The SMILES string of the molecule is CC(F)Cn1c(=O)n([C@H]2CC[C@H](C)CC2)c2ccncc21. The highest BCUT2D eigenvalue weighted by Crippen LogP contribution is 2.32. The summed E-state index contributed by atoms with van der Waals surface area (Å²) in [5.74, 6) is 0.734. The third-order valence-corrected chi connectivity index (χ3v) is 4.55. The van der Waals surface area contributed by atoms with Crippen molar-refractivity contribution in [1.29, 1.82) is 0 Å². The van der Waals surface area contributed by atoms with Gasteiger partial charge in [-0.15, -0.1) is 0 Å². The lowest BCUT2D eigenvalue weighted by Crippen LogP contribution is -2.30. The summed E-state index contributed by atoms with van der Waals surface area (Å²) in [5, 5.41) is 0. The molecule has 1 unspecified atom stereocenters. The second kappa shape index (κ2) is 5.62. The van der Waals surface area contributed by atoms with E-state index in [1.54, 1.807) is 12.4 Å². The van der Waals surface area contributed by atoms with Crippen LogP contribution < -0.4 is 5.69 Å². The molecule has 1 fully saturated rings. The average molecular weight is 291 g/mol. The first-order valence-electron chi connectivity index (χ1n) is 7.76. The summed E-state index contributed by atoms with van der Waals surface area (Å²) >= 11 is 0. The minimum absolute atomic E-state index is 0.0944. The number of alkyl halides is 1. The Morgan fingerprint density at radius 2 is 2.05 bits per heavy atom. The molecule has 4 nitrogen and oxygen atoms in total. The Kier molecular flexibility index (Phi) is 3.83. The van der Waals surface area contributed by atoms with Crippen molar-refractivity contribution in [2.75, 3.05) is 0 Å². The molecule has 0 aliphatic heterocycles. The van der Waals surface area contributed by atoms with Crippen LogP contribution in [0.5, 0.6) is 0 Å². The van der Waals surface area contributed by atoms with Crippen molar-refractivity contribution in [3.63, 3.8) is 0 Å². The van der Waals surface area contributed by atoms with Gasteiger partial charge >= 0.3 is 5.69 Å². The van der Waals surface area contributed by atoms with Gasteiger partial charge < -0.3 is 0 Å². The number of halogens is 1. The standard InChI is InChI=1S/C16H22FN3O/c1-11-3-5-13(6-4-11)20-14-7-8-18-9-15(14)19(16(20)21)10-12(2)17/h7-9,11-13H,3-6,10H2,1-2H3/t11-,12?,13-. The minimum atomic E-state index is -1.05. The zero-order chi connectivity index (χ0) is 15.0. The van der Waals surface area contributed by atoms with Gasteiger partial charge in [0.25, 0.3) is 0 Å². The van der Waals surface area contributed by atoms with Crippen molar-refractivity contribution in [3.8, 4) is 0 Å². The number of nitrogens with zero attached hydrogens (tertiary/aromatic N) is 3. The molecule has 3 rings (SSSR count). The van der Waals surface area contributed by atoms with Gasteiger partial charge in [-0.1, -0.05) is 6.92 Å². The monoisotopic (exact) mass is 291 g/mol. The summed E-state index contributed by atoms with van der Waals surface area (Å²) in [4.78, 5) is 16.8. The number of hydrogen-bond acceptors (Lipinski definition) is 2. The highest BCUT2D eigenvalue weighted by Gasteiger charge is 2.25. The largest absolute Gasteiger partial charge is 0.329 e. The Morgan fingerprint density at radius 1 is 1.33 bits per heavy atom. The topological polar surface area (TPSA) is 39.8 Å². The lowest BCUT2D eigenvalue weighted by molar-refractivity contribution is 0.282. The molecular formula is C16H22FN3O. The van der Waals surface area contributed by atoms with Crippen LogP contribution >= 0.6 is 0 Å². The number of aromatic nitrogens is 3. The smallest absolute Gasteiger partial charge is 0.289 e. The van der Waals surface area contributed by atoms with E-state index in [1.165, 1.54) is 11.5 Å². The Labute approximate surface area is 123 Å². The maximum atomic E-state index is 13.4. The van der Waals surface area contributed by atoms with Crippen molar-refractivity contribution in [2.24, 2.45) is 5.92 Å². The summed E-state index contributed by atoms with van der Waals surface area (Å²) in [7, 11) is 0. The molecule has 114 valence electrons. The maximum Gasteiger partial charge on any atom is 0.329 e. The molecule has 1 aliphatic rings. The first-order valence-corrected chi connectivity index (χ1v) is 7.76. The molecule has 0 N–H and O–H groups in total. The van der Waals surface area contributed by atoms with E-state index in [4.69, 9.17) is 0 Å². The fourth-order valence-corrected chi connectivity index (χ4v) is 3.41. The van der Waals surface area contributed by atoms with Crippen LogP contribution in [0.1, 0.15) is 45.6 Å². The molecule has 2 aromatic heterocycles. The molecule has 0 aromatic carbocycles. The normalized spacial score (nSPS) is 24.3. The summed E-state index contributed by atoms with van der Waals surface area (Å²) in [6.07, 6.45) is 6.66. The summed E-state index contributed by atoms with van der Waals surface area (Å²) in [6.45, 7) is 3.84. The number of pyridine rings is 1. The third-order valence-electron chi connectivity index (χ3n) is 4.55. The predicted molar refractivity (Wildman–Crippen MR) is 81.2 cm³/mol. The molecular weight excluding hydrogens is 269 g/mol. The Bertz CT molecular complexity index is 680. The van der Waals surface area contributed by atoms with Gasteiger partial charge in [0, 0.05) is 12.2 Å². The van der Waals surface area contributed by atoms with Crippen molar-refractivity contribution < 1.29 is 4.39 Å². The molecule has 1 saturated carbocycles. The zero-order valence-corrected chi connectivity index (χ0v) is 12.6. The van der Waals surface area contributed by atoms with E-state index in [0.29, 0.717) is 0 Å². The van der Waals surface area contributed by atoms with E-state index in [9.17, 15) is 9.18 Å². The lowest BCUT2D eigenvalue weighted by atomic mass is 9.87. The molecule has 0 spiro atoms. The number of imidazole rings is 1. The van der Waals surface area contributed by atoms with Gasteiger partial charge in [-0.3, -0.25) is 14.1 Å². The quantitative estimate of drug-likeness (QED) is 0.870. The van der Waals surface area contributed by atoms with Gasteiger partial charge in [0.1, 0.15) is 6.17 Å². The molecule has 0 radical (unpaired) electrons. The van der Waals surface area contributed by atoms with Crippen LogP contribution in [0.4, 0.5) is 4.39 Å². The zero-order valence-electron chi connectivity index (χ0n) is 12.6. The van der Waals surface area contributed by atoms with Gasteiger partial charge in [0.2, 0.25) is 0 Å². The Morgan fingerprint density at radius 3 is 2.71 bits per heavy atom. The van der Waals surface area contributed by atoms with Crippen LogP contribution in [0.15, 0.2) is 23.3 Å². The van der Waals surface area contributed by atoms with Gasteiger partial charge in [0.15, 0.2) is 0 Å². The van der Waals surface area contributed by atoms with E-state index < -0.39 is 6.17 Å². The van der Waals surface area contributed by atoms with E-state index in [0.717, 1.165) is 42.6 Å². The van der Waals surface area contributed by atoms with Crippen LogP contribution in [0.25, 0.3) is 11.0 Å². The molecule has 1 aliphatic carbocycles. The van der Waals surface area contributed by atoms with Crippen molar-refractivity contribution in [3.05, 3.63) is 28.9 Å². The van der Waals surface area contributed by atoms with E-state index in [-0.39, 0.29) is 18.3 Å². The van der Waals surface area contributed by atoms with Crippen molar-refractivity contribution in [2.45, 2.75) is 58.3 Å². The van der Waals surface area contributed by atoms with Crippen LogP contribution in [-0.2, 0) is 6.54 Å². The summed E-state index contributed by atoms with van der Waals surface area (Å²) in [6, 6.07) is 2.10. The van der Waals surface area contributed by atoms with Crippen LogP contribution in [-0.4, -0.2) is 20.3 Å². The molecule has 2 aromatic rings. The van der Waals surface area contributed by atoms with Crippen LogP contribution in [0.2, 0.25) is 0 Å². The predicted octanol–water partition coefficient (Wildman–Crippen LogP) is 3.31. The number of fused-ring (bicyclic) bond motifs is 1. The Balaban J connectivity index is 2.10. The number of hydrogen-bond donors (Lipinski definition) is 0. The van der Waals surface area contributed by atoms with Crippen LogP contribution in [0, 0.1) is 5.92 Å². The minimum Gasteiger partial charge on any atom is -0.289 e. The first-order chi connectivity index (χ1) is 10.1. The summed E-state index contributed by atoms with van der Waals surface area (Å²) < 4.78 is 16.8. The highest BCUT2D eigenvalue weighted by atomic mass is 19.1. The fourth-order valence-electron chi connectivity index (χ4n) is 3.41. The van der Waals surface area contributed by atoms with Crippen molar-refractivity contribution in [1.82, 2.24) is 14.1 Å². The first kappa shape index (κ1) is 14.3. The van der Waals surface area contributed by atoms with Gasteiger partial charge in [0.05, 0.1) is 23.8 Å². The molecule has 0 amide bonds. The maximum absolute atomic E-state index is 13.4. The van der Waals surface area contributed by atoms with E-state index in [2.05, 4.69) is 11.9 Å². The third kappa shape index (κ3) is 2.61. The van der Waals surface area contributed by atoms with Gasteiger partial charge in [-0.25, -0.2) is 9.18 Å². The molecule has 0 saturated heterocycles. The average Bonchev–Trinajstić information content (AvgIpc) is 2.73. The second-order valence-corrected chi connectivity index (χ2v) is 6.32. The fraction of sp³-hybridized carbons (Fsp3) is 0.625. The lowest BCUT2D eigenvalue weighted by Gasteiger charge is -2.27. The highest BCUT2D eigenvalue weighted by molar-refractivity contribution is 5.75. The van der Waals surface area contributed by atoms with Crippen LogP contribution in [0.3, 0.4) is 0 Å². The molecule has 5 heteroatoms. The molecule has 2 heterocycles. The van der Waals surface area contributed by atoms with E-state index in [1.807, 2.05) is 10.6 Å². The van der Waals surface area contributed by atoms with Gasteiger partial charge in [-0.05, 0) is 44.6 Å². The molecule has 0 bridgehead atoms. The van der Waals surface area contributed by atoms with Crippen molar-refractivity contribution >= 4 is 11.0 Å². The molecule has 21 heavy (non-hydrogen) atoms. The molecule has 1 atom stereocenters.